The third-order valence-corrected chi connectivity index (χ3v) is 3.71. The molecule has 19 heavy (non-hydrogen) atoms. The summed E-state index contributed by atoms with van der Waals surface area (Å²) in [5.74, 6) is 1.75. The van der Waals surface area contributed by atoms with Gasteiger partial charge in [0, 0.05) is 31.2 Å². The molecule has 0 atom stereocenters. The van der Waals surface area contributed by atoms with E-state index < -0.39 is 0 Å². The van der Waals surface area contributed by atoms with Crippen molar-refractivity contribution in [1.29, 1.82) is 0 Å². The van der Waals surface area contributed by atoms with Gasteiger partial charge < -0.3 is 9.88 Å². The molecule has 0 amide bonds. The lowest BCUT2D eigenvalue weighted by atomic mass is 10.5. The van der Waals surface area contributed by atoms with Gasteiger partial charge in [0.2, 0.25) is 0 Å². The highest BCUT2D eigenvalue weighted by atomic mass is 32.2. The molecule has 0 aliphatic carbocycles. The Bertz CT molecular complexity index is 544. The Morgan fingerprint density at radius 1 is 1.47 bits per heavy atom. The first-order valence-electron chi connectivity index (χ1n) is 6.03. The number of rotatable bonds is 7. The zero-order chi connectivity index (χ0) is 13.7. The lowest BCUT2D eigenvalue weighted by Gasteiger charge is -2.07. The van der Waals surface area contributed by atoms with Crippen LogP contribution in [0.3, 0.4) is 0 Å². The SMILES string of the molecule is C=CCn1c(CNC)nnc1SCc1ccnn1C. The molecule has 0 aliphatic heterocycles. The Hall–Kier alpha value is -1.60. The van der Waals surface area contributed by atoms with Crippen molar-refractivity contribution in [3.05, 3.63) is 36.4 Å². The molecular weight excluding hydrogens is 260 g/mol. The number of hydrogen-bond acceptors (Lipinski definition) is 5. The van der Waals surface area contributed by atoms with Gasteiger partial charge in [-0.2, -0.15) is 5.10 Å². The number of hydrogen-bond donors (Lipinski definition) is 1. The summed E-state index contributed by atoms with van der Waals surface area (Å²) in [7, 11) is 3.84. The van der Waals surface area contributed by atoms with Crippen molar-refractivity contribution in [3.63, 3.8) is 0 Å². The van der Waals surface area contributed by atoms with Crippen LogP contribution in [0.4, 0.5) is 0 Å². The maximum Gasteiger partial charge on any atom is 0.191 e. The highest BCUT2D eigenvalue weighted by molar-refractivity contribution is 7.98. The molecule has 2 rings (SSSR count). The number of allylic oxidation sites excluding steroid dienone is 1. The predicted molar refractivity (Wildman–Crippen MR) is 75.8 cm³/mol. The number of nitrogens with zero attached hydrogens (tertiary/aromatic N) is 5. The van der Waals surface area contributed by atoms with Gasteiger partial charge in [0.15, 0.2) is 5.16 Å². The van der Waals surface area contributed by atoms with Crippen LogP contribution >= 0.6 is 11.8 Å². The minimum Gasteiger partial charge on any atom is -0.313 e. The lowest BCUT2D eigenvalue weighted by Crippen LogP contribution is -2.12. The Kier molecular flexibility index (Phi) is 4.75. The number of aromatic nitrogens is 5. The van der Waals surface area contributed by atoms with E-state index in [4.69, 9.17) is 0 Å². The normalized spacial score (nSPS) is 10.8. The minimum atomic E-state index is 0.701. The largest absolute Gasteiger partial charge is 0.313 e. The molecule has 0 saturated carbocycles. The van der Waals surface area contributed by atoms with E-state index in [0.717, 1.165) is 29.0 Å². The van der Waals surface area contributed by atoms with E-state index in [0.29, 0.717) is 6.54 Å². The first kappa shape index (κ1) is 13.8. The third kappa shape index (κ3) is 3.24. The standard InChI is InChI=1S/C12H18N6S/c1-4-7-18-11(8-13-2)15-16-12(18)19-9-10-5-6-14-17(10)3/h4-6,13H,1,7-9H2,2-3H3. The average Bonchev–Trinajstić information content (AvgIpc) is 2.96. The zero-order valence-corrected chi connectivity index (χ0v) is 12.0. The molecule has 2 heterocycles. The summed E-state index contributed by atoms with van der Waals surface area (Å²) in [6.07, 6.45) is 3.66. The van der Waals surface area contributed by atoms with Crippen molar-refractivity contribution in [2.75, 3.05) is 7.05 Å². The number of nitrogens with one attached hydrogen (secondary N) is 1. The van der Waals surface area contributed by atoms with E-state index in [9.17, 15) is 0 Å². The summed E-state index contributed by atoms with van der Waals surface area (Å²) >= 11 is 1.66. The maximum atomic E-state index is 4.24. The molecule has 0 unspecified atom stereocenters. The topological polar surface area (TPSA) is 60.6 Å². The molecule has 102 valence electrons. The van der Waals surface area contributed by atoms with Crippen LogP contribution in [0.1, 0.15) is 11.5 Å². The Morgan fingerprint density at radius 2 is 2.32 bits per heavy atom. The van der Waals surface area contributed by atoms with E-state index >= 15 is 0 Å². The Morgan fingerprint density at radius 3 is 2.95 bits per heavy atom. The molecule has 2 aromatic rings. The highest BCUT2D eigenvalue weighted by Gasteiger charge is 2.11. The molecule has 1 N–H and O–H groups in total. The second-order valence-corrected chi connectivity index (χ2v) is 5.01. The second-order valence-electron chi connectivity index (χ2n) is 4.06. The first-order chi connectivity index (χ1) is 9.26. The van der Waals surface area contributed by atoms with Gasteiger partial charge >= 0.3 is 0 Å². The van der Waals surface area contributed by atoms with E-state index in [1.165, 1.54) is 0 Å². The van der Waals surface area contributed by atoms with Crippen molar-refractivity contribution >= 4 is 11.8 Å². The van der Waals surface area contributed by atoms with Crippen LogP contribution in [0.25, 0.3) is 0 Å². The summed E-state index contributed by atoms with van der Waals surface area (Å²) in [6.45, 7) is 5.20. The van der Waals surface area contributed by atoms with Crippen LogP contribution in [0.5, 0.6) is 0 Å². The number of aryl methyl sites for hydroxylation is 1. The second kappa shape index (κ2) is 6.53. The molecule has 0 aliphatic rings. The summed E-state index contributed by atoms with van der Waals surface area (Å²) < 4.78 is 3.94. The van der Waals surface area contributed by atoms with Crippen molar-refractivity contribution in [2.45, 2.75) is 24.0 Å². The van der Waals surface area contributed by atoms with Crippen LogP contribution in [0, 0.1) is 0 Å². The van der Waals surface area contributed by atoms with Crippen LogP contribution in [0.2, 0.25) is 0 Å². The maximum absolute atomic E-state index is 4.24. The minimum absolute atomic E-state index is 0.701. The van der Waals surface area contributed by atoms with Gasteiger partial charge in [-0.15, -0.1) is 16.8 Å². The fourth-order valence-corrected chi connectivity index (χ4v) is 2.70. The van der Waals surface area contributed by atoms with E-state index in [-0.39, 0.29) is 0 Å². The van der Waals surface area contributed by atoms with Gasteiger partial charge in [0.05, 0.1) is 6.54 Å². The molecule has 0 bridgehead atoms. The van der Waals surface area contributed by atoms with E-state index in [1.54, 1.807) is 18.0 Å². The first-order valence-corrected chi connectivity index (χ1v) is 7.02. The zero-order valence-electron chi connectivity index (χ0n) is 11.2. The molecule has 7 heteroatoms. The van der Waals surface area contributed by atoms with Crippen molar-refractivity contribution < 1.29 is 0 Å². The molecule has 6 nitrogen and oxygen atoms in total. The average molecular weight is 278 g/mol. The Labute approximate surface area is 116 Å². The van der Waals surface area contributed by atoms with Gasteiger partial charge in [-0.1, -0.05) is 17.8 Å². The van der Waals surface area contributed by atoms with Gasteiger partial charge in [-0.25, -0.2) is 0 Å². The summed E-state index contributed by atoms with van der Waals surface area (Å²) in [4.78, 5) is 0. The number of thioether (sulfide) groups is 1. The molecule has 0 aromatic carbocycles. The summed E-state index contributed by atoms with van der Waals surface area (Å²) in [5.41, 5.74) is 1.16. The molecule has 0 saturated heterocycles. The molecule has 0 fully saturated rings. The smallest absolute Gasteiger partial charge is 0.191 e. The van der Waals surface area contributed by atoms with Crippen molar-refractivity contribution in [2.24, 2.45) is 7.05 Å². The quantitative estimate of drug-likeness (QED) is 0.609. The molecule has 0 spiro atoms. The molecular formula is C12H18N6S. The summed E-state index contributed by atoms with van der Waals surface area (Å²) in [5, 5.41) is 16.6. The Balaban J connectivity index is 2.11. The molecule has 2 aromatic heterocycles. The van der Waals surface area contributed by atoms with Crippen LogP contribution in [0.15, 0.2) is 30.1 Å². The van der Waals surface area contributed by atoms with Crippen molar-refractivity contribution in [1.82, 2.24) is 29.9 Å². The fraction of sp³-hybridized carbons (Fsp3) is 0.417. The van der Waals surface area contributed by atoms with Crippen LogP contribution < -0.4 is 5.32 Å². The lowest BCUT2D eigenvalue weighted by molar-refractivity contribution is 0.646. The monoisotopic (exact) mass is 278 g/mol. The van der Waals surface area contributed by atoms with Gasteiger partial charge in [-0.3, -0.25) is 4.68 Å². The van der Waals surface area contributed by atoms with Gasteiger partial charge in [0.25, 0.3) is 0 Å². The van der Waals surface area contributed by atoms with E-state index in [2.05, 4.69) is 31.8 Å². The van der Waals surface area contributed by atoms with Crippen LogP contribution in [-0.4, -0.2) is 31.6 Å². The van der Waals surface area contributed by atoms with Gasteiger partial charge in [0.1, 0.15) is 5.82 Å². The summed E-state index contributed by atoms with van der Waals surface area (Å²) in [6, 6.07) is 2.01. The van der Waals surface area contributed by atoms with E-state index in [1.807, 2.05) is 30.9 Å². The highest BCUT2D eigenvalue weighted by Crippen LogP contribution is 2.21. The fourth-order valence-electron chi connectivity index (χ4n) is 1.71. The molecule has 0 radical (unpaired) electrons. The predicted octanol–water partition coefficient (Wildman–Crippen LogP) is 1.21. The van der Waals surface area contributed by atoms with Crippen molar-refractivity contribution in [3.8, 4) is 0 Å². The van der Waals surface area contributed by atoms with Gasteiger partial charge in [-0.05, 0) is 13.1 Å². The third-order valence-electron chi connectivity index (χ3n) is 2.71. The van der Waals surface area contributed by atoms with Crippen LogP contribution in [-0.2, 0) is 25.9 Å².